The molecule has 0 saturated heterocycles. The van der Waals surface area contributed by atoms with Crippen LogP contribution in [-0.4, -0.2) is 5.78 Å². The number of allylic oxidation sites excluding steroid dienone is 2. The predicted molar refractivity (Wildman–Crippen MR) is 60.2 cm³/mol. The summed E-state index contributed by atoms with van der Waals surface area (Å²) in [5.74, 6) is 1.05. The van der Waals surface area contributed by atoms with Crippen LogP contribution in [0.25, 0.3) is 0 Å². The summed E-state index contributed by atoms with van der Waals surface area (Å²) in [5.41, 5.74) is 1.30. The molecule has 14 heavy (non-hydrogen) atoms. The Morgan fingerprint density at radius 3 is 2.29 bits per heavy atom. The summed E-state index contributed by atoms with van der Waals surface area (Å²) in [7, 11) is 0. The summed E-state index contributed by atoms with van der Waals surface area (Å²) in [6.45, 7) is 4.25. The van der Waals surface area contributed by atoms with E-state index in [-0.39, 0.29) is 0 Å². The van der Waals surface area contributed by atoms with Crippen LogP contribution >= 0.6 is 0 Å². The van der Waals surface area contributed by atoms with Gasteiger partial charge in [0.2, 0.25) is 0 Å². The van der Waals surface area contributed by atoms with E-state index in [1.54, 1.807) is 0 Å². The lowest BCUT2D eigenvalue weighted by Crippen LogP contribution is -2.03. The molecule has 0 N–H and O–H groups in total. The van der Waals surface area contributed by atoms with E-state index < -0.39 is 0 Å². The molecule has 0 aromatic heterocycles. The first-order chi connectivity index (χ1) is 6.76. The fourth-order valence-electron chi connectivity index (χ4n) is 2.24. The van der Waals surface area contributed by atoms with Gasteiger partial charge in [-0.2, -0.15) is 0 Å². The fourth-order valence-corrected chi connectivity index (χ4v) is 2.24. The second kappa shape index (κ2) is 6.00. The molecule has 1 fully saturated rings. The van der Waals surface area contributed by atoms with Crippen LogP contribution in [0.4, 0.5) is 0 Å². The van der Waals surface area contributed by atoms with Crippen LogP contribution in [0.1, 0.15) is 58.8 Å². The maximum absolute atomic E-state index is 11.7. The summed E-state index contributed by atoms with van der Waals surface area (Å²) in [6, 6.07) is 0. The van der Waals surface area contributed by atoms with Crippen LogP contribution < -0.4 is 0 Å². The molecule has 0 unspecified atom stereocenters. The fraction of sp³-hybridized carbons (Fsp3) is 0.769. The quantitative estimate of drug-likeness (QED) is 0.607. The highest BCUT2D eigenvalue weighted by Crippen LogP contribution is 2.27. The predicted octanol–water partition coefficient (Wildman–Crippen LogP) is 3.88. The first-order valence-electron chi connectivity index (χ1n) is 5.98. The Morgan fingerprint density at radius 2 is 1.79 bits per heavy atom. The Hall–Kier alpha value is -0.590. The maximum Gasteiger partial charge on any atom is 0.155 e. The maximum atomic E-state index is 11.7. The summed E-state index contributed by atoms with van der Waals surface area (Å²) in [5, 5.41) is 0. The van der Waals surface area contributed by atoms with Crippen LogP contribution in [-0.2, 0) is 4.79 Å². The Kier molecular flexibility index (Phi) is 4.92. The SMILES string of the molecule is CCC(=CC(=O)CC1CCCC1)CC. The molecule has 0 heterocycles. The van der Waals surface area contributed by atoms with Crippen molar-refractivity contribution in [2.45, 2.75) is 58.8 Å². The van der Waals surface area contributed by atoms with Gasteiger partial charge >= 0.3 is 0 Å². The third-order valence-corrected chi connectivity index (χ3v) is 3.24. The molecule has 1 rings (SSSR count). The van der Waals surface area contributed by atoms with E-state index in [1.165, 1.54) is 31.3 Å². The zero-order chi connectivity index (χ0) is 10.4. The lowest BCUT2D eigenvalue weighted by molar-refractivity contribution is -0.115. The molecular formula is C13H22O. The largest absolute Gasteiger partial charge is 0.295 e. The van der Waals surface area contributed by atoms with Gasteiger partial charge < -0.3 is 0 Å². The van der Waals surface area contributed by atoms with Crippen molar-refractivity contribution in [1.82, 2.24) is 0 Å². The van der Waals surface area contributed by atoms with Gasteiger partial charge in [-0.3, -0.25) is 4.79 Å². The van der Waals surface area contributed by atoms with Crippen molar-refractivity contribution in [3.63, 3.8) is 0 Å². The number of carbonyl (C=O) groups is 1. The van der Waals surface area contributed by atoms with Crippen molar-refractivity contribution < 1.29 is 4.79 Å². The third-order valence-electron chi connectivity index (χ3n) is 3.24. The first kappa shape index (κ1) is 11.5. The van der Waals surface area contributed by atoms with Gasteiger partial charge in [0.25, 0.3) is 0 Å². The van der Waals surface area contributed by atoms with E-state index in [9.17, 15) is 4.79 Å². The molecule has 0 aromatic rings. The van der Waals surface area contributed by atoms with Gasteiger partial charge in [-0.15, -0.1) is 0 Å². The van der Waals surface area contributed by atoms with Gasteiger partial charge in [0, 0.05) is 6.42 Å². The Bertz CT molecular complexity index is 203. The van der Waals surface area contributed by atoms with E-state index in [2.05, 4.69) is 13.8 Å². The Labute approximate surface area is 87.6 Å². The molecular weight excluding hydrogens is 172 g/mol. The number of ketones is 1. The van der Waals surface area contributed by atoms with Crippen molar-refractivity contribution in [3.8, 4) is 0 Å². The zero-order valence-electron chi connectivity index (χ0n) is 9.51. The lowest BCUT2D eigenvalue weighted by Gasteiger charge is -2.06. The highest BCUT2D eigenvalue weighted by molar-refractivity contribution is 5.90. The van der Waals surface area contributed by atoms with Gasteiger partial charge in [-0.05, 0) is 24.8 Å². The Balaban J connectivity index is 2.36. The van der Waals surface area contributed by atoms with E-state index in [0.29, 0.717) is 11.7 Å². The molecule has 1 aliphatic carbocycles. The molecule has 1 nitrogen and oxygen atoms in total. The monoisotopic (exact) mass is 194 g/mol. The molecule has 1 heteroatoms. The van der Waals surface area contributed by atoms with E-state index in [4.69, 9.17) is 0 Å². The number of carbonyl (C=O) groups excluding carboxylic acids is 1. The van der Waals surface area contributed by atoms with Crippen molar-refractivity contribution in [2.24, 2.45) is 5.92 Å². The second-order valence-electron chi connectivity index (χ2n) is 4.33. The molecule has 1 saturated carbocycles. The highest BCUT2D eigenvalue weighted by atomic mass is 16.1. The van der Waals surface area contributed by atoms with Crippen LogP contribution in [0.2, 0.25) is 0 Å². The number of hydrogen-bond acceptors (Lipinski definition) is 1. The van der Waals surface area contributed by atoms with Crippen LogP contribution in [0, 0.1) is 5.92 Å². The van der Waals surface area contributed by atoms with Crippen molar-refractivity contribution in [3.05, 3.63) is 11.6 Å². The molecule has 0 spiro atoms. The summed E-state index contributed by atoms with van der Waals surface area (Å²) in [4.78, 5) is 11.7. The molecule has 0 atom stereocenters. The first-order valence-corrected chi connectivity index (χ1v) is 5.98. The Morgan fingerprint density at radius 1 is 1.21 bits per heavy atom. The van der Waals surface area contributed by atoms with Gasteiger partial charge in [0.1, 0.15) is 0 Å². The molecule has 0 amide bonds. The second-order valence-corrected chi connectivity index (χ2v) is 4.33. The molecule has 0 aliphatic heterocycles. The van der Waals surface area contributed by atoms with Gasteiger partial charge in [0.15, 0.2) is 5.78 Å². The van der Waals surface area contributed by atoms with Crippen molar-refractivity contribution in [1.29, 1.82) is 0 Å². The van der Waals surface area contributed by atoms with Crippen molar-refractivity contribution >= 4 is 5.78 Å². The van der Waals surface area contributed by atoms with E-state index >= 15 is 0 Å². The average Bonchev–Trinajstić information content (AvgIpc) is 2.66. The normalized spacial score (nSPS) is 17.0. The van der Waals surface area contributed by atoms with Gasteiger partial charge in [-0.1, -0.05) is 45.1 Å². The van der Waals surface area contributed by atoms with Crippen molar-refractivity contribution in [2.75, 3.05) is 0 Å². The highest BCUT2D eigenvalue weighted by Gasteiger charge is 2.17. The summed E-state index contributed by atoms with van der Waals surface area (Å²) >= 11 is 0. The molecule has 0 aromatic carbocycles. The van der Waals surface area contributed by atoms with Gasteiger partial charge in [0.05, 0.1) is 0 Å². The minimum absolute atomic E-state index is 0.357. The van der Waals surface area contributed by atoms with Crippen LogP contribution in [0.3, 0.4) is 0 Å². The number of rotatable bonds is 5. The molecule has 0 radical (unpaired) electrons. The number of hydrogen-bond donors (Lipinski definition) is 0. The smallest absolute Gasteiger partial charge is 0.155 e. The van der Waals surface area contributed by atoms with Gasteiger partial charge in [-0.25, -0.2) is 0 Å². The molecule has 1 aliphatic rings. The lowest BCUT2D eigenvalue weighted by atomic mass is 9.99. The summed E-state index contributed by atoms with van der Waals surface area (Å²) < 4.78 is 0. The standard InChI is InChI=1S/C13H22O/c1-3-11(4-2)9-13(14)10-12-7-5-6-8-12/h9,12H,3-8,10H2,1-2H3. The van der Waals surface area contributed by atoms with Crippen LogP contribution in [0.15, 0.2) is 11.6 Å². The average molecular weight is 194 g/mol. The topological polar surface area (TPSA) is 17.1 Å². The molecule has 80 valence electrons. The van der Waals surface area contributed by atoms with E-state index in [1.807, 2.05) is 6.08 Å². The molecule has 0 bridgehead atoms. The van der Waals surface area contributed by atoms with E-state index in [0.717, 1.165) is 19.3 Å². The minimum atomic E-state index is 0.357. The zero-order valence-corrected chi connectivity index (χ0v) is 9.51. The summed E-state index contributed by atoms with van der Waals surface area (Å²) in [6.07, 6.45) is 9.92. The third kappa shape index (κ3) is 3.65. The minimum Gasteiger partial charge on any atom is -0.295 e. The van der Waals surface area contributed by atoms with Crippen LogP contribution in [0.5, 0.6) is 0 Å².